The quantitative estimate of drug-likeness (QED) is 0.0413. The molecule has 0 radical (unpaired) electrons. The Morgan fingerprint density at radius 1 is 0.635 bits per heavy atom. The minimum Gasteiger partial charge on any atom is -0.394 e. The van der Waals surface area contributed by atoms with E-state index < -0.39 is 108 Å². The van der Waals surface area contributed by atoms with E-state index in [9.17, 15) is 48.6 Å². The van der Waals surface area contributed by atoms with Crippen molar-refractivity contribution in [1.82, 2.24) is 31.9 Å². The number of nitrogens with two attached hydrogens (primary N) is 1. The molecular formula is C56H71N7O11. The van der Waals surface area contributed by atoms with E-state index in [1.54, 1.807) is 112 Å². The maximum Gasteiger partial charge on any atom is 0.287 e. The third-order valence-electron chi connectivity index (χ3n) is 12.9. The summed E-state index contributed by atoms with van der Waals surface area (Å²) >= 11 is 0. The number of fused-ring (bicyclic) bond motifs is 3. The average molecular weight is 1020 g/mol. The van der Waals surface area contributed by atoms with Crippen LogP contribution in [0.2, 0.25) is 0 Å². The van der Waals surface area contributed by atoms with Crippen LogP contribution in [0.15, 0.2) is 103 Å². The number of Topliss-reactive ketones (excluding diaryl/α,β-unsaturated/α-hetero) is 1. The van der Waals surface area contributed by atoms with Crippen molar-refractivity contribution in [2.24, 2.45) is 17.1 Å². The Morgan fingerprint density at radius 3 is 1.72 bits per heavy atom. The van der Waals surface area contributed by atoms with Gasteiger partial charge >= 0.3 is 0 Å². The molecule has 0 aromatic heterocycles. The molecule has 10 N–H and O–H groups in total. The summed E-state index contributed by atoms with van der Waals surface area (Å²) in [6.45, 7) is 11.1. The van der Waals surface area contributed by atoms with Crippen molar-refractivity contribution in [1.29, 1.82) is 0 Å². The average Bonchev–Trinajstić information content (AvgIpc) is 3.63. The Kier molecular flexibility index (Phi) is 20.3. The van der Waals surface area contributed by atoms with Gasteiger partial charge in [-0.15, -0.1) is 0 Å². The van der Waals surface area contributed by atoms with E-state index in [4.69, 9.17) is 10.5 Å². The second kappa shape index (κ2) is 26.1. The molecule has 5 rings (SSSR count). The Morgan fingerprint density at radius 2 is 1.15 bits per heavy atom. The highest BCUT2D eigenvalue weighted by Gasteiger charge is 2.49. The van der Waals surface area contributed by atoms with Crippen LogP contribution in [-0.2, 0) is 61.7 Å². The zero-order valence-electron chi connectivity index (χ0n) is 43.2. The maximum atomic E-state index is 14.7. The first-order chi connectivity index (χ1) is 35.1. The summed E-state index contributed by atoms with van der Waals surface area (Å²) in [6.07, 6.45) is 1.37. The Hall–Kier alpha value is -7.28. The summed E-state index contributed by atoms with van der Waals surface area (Å²) in [5.74, 6) is -7.47. The fourth-order valence-corrected chi connectivity index (χ4v) is 8.78. The van der Waals surface area contributed by atoms with Gasteiger partial charge in [-0.2, -0.15) is 0 Å². The number of nitrogens with one attached hydrogen (secondary N) is 6. The number of aryl methyl sites for hydroxylation is 1. The van der Waals surface area contributed by atoms with Gasteiger partial charge in [0.1, 0.15) is 30.2 Å². The second-order valence-electron chi connectivity index (χ2n) is 20.2. The van der Waals surface area contributed by atoms with E-state index in [0.717, 1.165) is 11.1 Å². The van der Waals surface area contributed by atoms with Crippen molar-refractivity contribution >= 4 is 47.1 Å². The van der Waals surface area contributed by atoms with Crippen LogP contribution in [0.25, 0.3) is 11.1 Å². The van der Waals surface area contributed by atoms with Gasteiger partial charge in [0.2, 0.25) is 35.3 Å². The van der Waals surface area contributed by atoms with Crippen LogP contribution in [0, 0.1) is 18.3 Å². The number of hydrogen-bond acceptors (Lipinski definition) is 11. The number of primary amides is 1. The number of ether oxygens (including phenoxy) is 1. The van der Waals surface area contributed by atoms with E-state index in [-0.39, 0.29) is 42.9 Å². The van der Waals surface area contributed by atoms with Crippen LogP contribution in [0.3, 0.4) is 0 Å². The first-order valence-corrected chi connectivity index (χ1v) is 25.0. The molecule has 0 spiro atoms. The zero-order chi connectivity index (χ0) is 54.3. The summed E-state index contributed by atoms with van der Waals surface area (Å²) in [4.78, 5) is 110. The van der Waals surface area contributed by atoms with E-state index in [1.165, 1.54) is 0 Å². The molecule has 18 heteroatoms. The zero-order valence-corrected chi connectivity index (χ0v) is 43.2. The normalized spacial score (nSPS) is 14.9. The summed E-state index contributed by atoms with van der Waals surface area (Å²) in [7, 11) is 0. The van der Waals surface area contributed by atoms with Crippen LogP contribution < -0.4 is 37.6 Å². The lowest BCUT2D eigenvalue weighted by Crippen LogP contribution is -2.63. The van der Waals surface area contributed by atoms with Crippen molar-refractivity contribution in [3.05, 3.63) is 131 Å². The molecule has 0 saturated heterocycles. The van der Waals surface area contributed by atoms with Gasteiger partial charge in [-0.05, 0) is 58.9 Å². The van der Waals surface area contributed by atoms with Gasteiger partial charge in [-0.3, -0.25) is 38.4 Å². The number of unbranched alkanes of at least 4 members (excludes halogenated alkanes) is 1. The molecule has 74 heavy (non-hydrogen) atoms. The van der Waals surface area contributed by atoms with Gasteiger partial charge in [0.25, 0.3) is 11.8 Å². The predicted octanol–water partition coefficient (Wildman–Crippen LogP) is 2.91. The number of rotatable bonds is 26. The molecule has 0 fully saturated rings. The lowest BCUT2D eigenvalue weighted by Gasteiger charge is -2.34. The molecule has 7 amide bonds. The number of ketones is 1. The largest absolute Gasteiger partial charge is 0.394 e. The Balaban J connectivity index is 1.41. The molecular weight excluding hydrogens is 947 g/mol. The van der Waals surface area contributed by atoms with E-state index in [1.807, 2.05) is 39.8 Å². The summed E-state index contributed by atoms with van der Waals surface area (Å²) in [5.41, 5.74) is 6.04. The molecule has 0 heterocycles. The Labute approximate surface area is 432 Å². The van der Waals surface area contributed by atoms with Crippen molar-refractivity contribution in [3.8, 4) is 11.1 Å². The van der Waals surface area contributed by atoms with Crippen LogP contribution in [0.1, 0.15) is 95.0 Å². The van der Waals surface area contributed by atoms with E-state index in [2.05, 4.69) is 31.9 Å². The fraction of sp³-hybridized carbons (Fsp3) is 0.429. The van der Waals surface area contributed by atoms with Crippen LogP contribution in [0.4, 0.5) is 0 Å². The van der Waals surface area contributed by atoms with E-state index >= 15 is 0 Å². The maximum absolute atomic E-state index is 14.7. The summed E-state index contributed by atoms with van der Waals surface area (Å²) in [5, 5.41) is 38.6. The molecule has 0 aliphatic heterocycles. The second-order valence-corrected chi connectivity index (χ2v) is 20.2. The van der Waals surface area contributed by atoms with E-state index in [0.29, 0.717) is 29.5 Å². The third kappa shape index (κ3) is 14.7. The number of benzene rings is 4. The Bertz CT molecular complexity index is 2610. The monoisotopic (exact) mass is 1020 g/mol. The molecule has 1 aliphatic carbocycles. The molecule has 1 unspecified atom stereocenters. The highest BCUT2D eigenvalue weighted by molar-refractivity contribution is 6.37. The van der Waals surface area contributed by atoms with Crippen LogP contribution in [-0.4, -0.2) is 107 Å². The molecule has 396 valence electrons. The first kappa shape index (κ1) is 57.6. The van der Waals surface area contributed by atoms with Crippen molar-refractivity contribution in [2.75, 3.05) is 13.2 Å². The molecule has 6 atom stereocenters. The topological polar surface area (TPSA) is 284 Å². The van der Waals surface area contributed by atoms with Crippen LogP contribution in [0.5, 0.6) is 0 Å². The number of carbonyl (C=O) groups is 8. The molecule has 18 nitrogen and oxygen atoms in total. The molecule has 1 aliphatic rings. The van der Waals surface area contributed by atoms with Gasteiger partial charge in [-0.25, -0.2) is 0 Å². The van der Waals surface area contributed by atoms with Gasteiger partial charge in [0.05, 0.1) is 25.9 Å². The van der Waals surface area contributed by atoms with Crippen molar-refractivity contribution in [2.45, 2.75) is 129 Å². The summed E-state index contributed by atoms with van der Waals surface area (Å²) in [6, 6.07) is 21.4. The number of aliphatic hydroxyl groups excluding tert-OH is 1. The lowest BCUT2D eigenvalue weighted by atomic mass is 9.85. The van der Waals surface area contributed by atoms with Crippen molar-refractivity contribution in [3.63, 3.8) is 0 Å². The predicted molar refractivity (Wildman–Crippen MR) is 277 cm³/mol. The fourth-order valence-electron chi connectivity index (χ4n) is 8.78. The van der Waals surface area contributed by atoms with Gasteiger partial charge in [-0.1, -0.05) is 158 Å². The van der Waals surface area contributed by atoms with Gasteiger partial charge in [0, 0.05) is 17.5 Å². The molecule has 0 saturated carbocycles. The van der Waals surface area contributed by atoms with Crippen molar-refractivity contribution < 1.29 is 53.3 Å². The molecule has 0 bridgehead atoms. The third-order valence-corrected chi connectivity index (χ3v) is 12.9. The summed E-state index contributed by atoms with van der Waals surface area (Å²) < 4.78 is 5.95. The minimum atomic E-state index is -2.24. The molecule has 4 aromatic rings. The highest BCUT2D eigenvalue weighted by atomic mass is 16.5. The standard InChI is InChI=1S/C56H71N7O11/c1-8-9-27-41(46(65)48(57)66)58-49(67)42(28-33(2)3)60-53(71)47(55(5,6)7)63-50(68)43(29-36-22-14-13-19-34(36)4)59-52(70)45(32-74-31-35-20-11-10-12-21-35)61-51(69)44(30-64)62-54(72)56(73)39-25-17-15-23-37(39)38-24-16-18-26-40(38)56/h10-26,33,41-45,47,64,73H,8-9,27-32H2,1-7H3,(H2,57,66)(H,58,67)(H,59,70)(H,60,71)(H,61,69)(H,62,72)(H,63,68)/t41?,42-,43-,44-,45+,47+/m0/s1. The first-order valence-electron chi connectivity index (χ1n) is 25.0. The SMILES string of the molecule is CCCCC(NC(=O)[C@H](CC(C)C)NC(=O)[C@@H](NC(=O)[C@H](Cc1ccccc1C)NC(=O)[C@@H](COCc1ccccc1)NC(=O)[C@H](CO)NC(=O)C1(O)c2ccccc2-c2ccccc21)C(C)(C)C)C(=O)C(N)=O. The molecule has 4 aromatic carbocycles. The van der Waals surface area contributed by atoms with Gasteiger partial charge < -0.3 is 52.6 Å². The highest BCUT2D eigenvalue weighted by Crippen LogP contribution is 2.47. The number of amides is 7. The lowest BCUT2D eigenvalue weighted by molar-refractivity contribution is -0.141. The number of aliphatic hydroxyl groups is 2. The number of carbonyl (C=O) groups excluding carboxylic acids is 8. The minimum absolute atomic E-state index is 0.0126. The van der Waals surface area contributed by atoms with Gasteiger partial charge in [0.15, 0.2) is 5.60 Å². The smallest absolute Gasteiger partial charge is 0.287 e. The number of hydrogen-bond donors (Lipinski definition) is 9. The van der Waals surface area contributed by atoms with Crippen LogP contribution >= 0.6 is 0 Å².